The maximum absolute atomic E-state index is 12.5. The van der Waals surface area contributed by atoms with Gasteiger partial charge in [-0.3, -0.25) is 0 Å². The van der Waals surface area contributed by atoms with E-state index in [4.69, 9.17) is 4.74 Å². The molecule has 0 spiro atoms. The molecule has 1 saturated heterocycles. The van der Waals surface area contributed by atoms with Gasteiger partial charge in [0.05, 0.1) is 4.75 Å². The fourth-order valence-corrected chi connectivity index (χ4v) is 4.59. The normalized spacial score (nSPS) is 18.9. The van der Waals surface area contributed by atoms with Crippen LogP contribution in [0.4, 0.5) is 4.79 Å². The first kappa shape index (κ1) is 23.3. The van der Waals surface area contributed by atoms with E-state index >= 15 is 0 Å². The summed E-state index contributed by atoms with van der Waals surface area (Å²) in [6.45, 7) is 12.5. The summed E-state index contributed by atoms with van der Waals surface area (Å²) in [4.78, 5) is 14.2. The van der Waals surface area contributed by atoms with E-state index in [0.717, 1.165) is 16.4 Å². The Morgan fingerprint density at radius 2 is 1.75 bits per heavy atom. The number of halogens is 1. The predicted molar refractivity (Wildman–Crippen MR) is 124 cm³/mol. The molecule has 0 saturated carbocycles. The summed E-state index contributed by atoms with van der Waals surface area (Å²) in [6, 6.07) is 8.22. The number of benzene rings is 1. The minimum Gasteiger partial charge on any atom is -0.444 e. The molecule has 0 aromatic heterocycles. The largest absolute Gasteiger partial charge is 0.444 e. The van der Waals surface area contributed by atoms with Gasteiger partial charge in [-0.2, -0.15) is 4.40 Å². The quantitative estimate of drug-likeness (QED) is 0.414. The van der Waals surface area contributed by atoms with E-state index in [0.29, 0.717) is 13.1 Å². The first-order valence-electron chi connectivity index (χ1n) is 9.54. The molecule has 0 N–H and O–H groups in total. The Kier molecular flexibility index (Phi) is 7.34. The highest BCUT2D eigenvalue weighted by atomic mass is 127. The third-order valence-corrected chi connectivity index (χ3v) is 6.92. The van der Waals surface area contributed by atoms with Crippen LogP contribution in [0.15, 0.2) is 28.7 Å². The predicted octanol–water partition coefficient (Wildman–Crippen LogP) is 5.09. The molecule has 0 aliphatic carbocycles. The van der Waals surface area contributed by atoms with Crippen LogP contribution in [0, 0.1) is 3.57 Å². The topological polar surface area (TPSA) is 59.0 Å². The fraction of sp³-hybridized carbons (Fsp3) is 0.619. The van der Waals surface area contributed by atoms with Gasteiger partial charge in [-0.25, -0.2) is 9.00 Å². The fourth-order valence-electron chi connectivity index (χ4n) is 3.05. The number of nitrogens with zero attached hydrogens (tertiary/aromatic N) is 2. The number of likely N-dealkylation sites (tertiary alicyclic amines) is 1. The number of hydrogen-bond acceptors (Lipinski definition) is 3. The molecule has 5 nitrogen and oxygen atoms in total. The number of piperidine rings is 1. The molecule has 0 unspecified atom stereocenters. The molecule has 0 radical (unpaired) electrons. The maximum Gasteiger partial charge on any atom is 0.410 e. The molecule has 1 aliphatic rings. The lowest BCUT2D eigenvalue weighted by atomic mass is 9.74. The van der Waals surface area contributed by atoms with Gasteiger partial charge < -0.3 is 9.64 Å². The molecule has 1 aromatic rings. The molecule has 1 atom stereocenters. The minimum atomic E-state index is -1.31. The van der Waals surface area contributed by atoms with E-state index in [9.17, 15) is 9.00 Å². The zero-order chi connectivity index (χ0) is 21.2. The number of carbonyl (C=O) groups is 1. The van der Waals surface area contributed by atoms with Crippen LogP contribution in [0.5, 0.6) is 0 Å². The van der Waals surface area contributed by atoms with Crippen molar-refractivity contribution in [2.45, 2.75) is 70.1 Å². The van der Waals surface area contributed by atoms with Gasteiger partial charge in [0.1, 0.15) is 16.6 Å². The molecule has 2 rings (SSSR count). The lowest BCUT2D eigenvalue weighted by molar-refractivity contribution is 0.0190. The molecule has 1 amide bonds. The van der Waals surface area contributed by atoms with E-state index in [1.807, 2.05) is 59.9 Å². The monoisotopic (exact) mass is 518 g/mol. The zero-order valence-corrected chi connectivity index (χ0v) is 20.6. The van der Waals surface area contributed by atoms with E-state index < -0.39 is 21.3 Å². The van der Waals surface area contributed by atoms with E-state index in [1.54, 1.807) is 4.90 Å². The average Bonchev–Trinajstić information content (AvgIpc) is 2.58. The summed E-state index contributed by atoms with van der Waals surface area (Å²) in [5, 5.41) is 0. The van der Waals surface area contributed by atoms with Crippen molar-refractivity contribution in [2.75, 3.05) is 13.1 Å². The highest BCUT2D eigenvalue weighted by Gasteiger charge is 2.39. The van der Waals surface area contributed by atoms with E-state index in [1.165, 1.54) is 5.56 Å². The van der Waals surface area contributed by atoms with Gasteiger partial charge in [0.15, 0.2) is 0 Å². The number of amides is 1. The van der Waals surface area contributed by atoms with Crippen molar-refractivity contribution in [1.82, 2.24) is 4.90 Å². The molecule has 1 fully saturated rings. The van der Waals surface area contributed by atoms with Crippen LogP contribution in [0.1, 0.15) is 59.9 Å². The standard InChI is InChI=1S/C21H31IN2O3S/c1-19(2,3)27-18(25)24-13-11-21(12-14-24,15-23-28(26)20(4,5)6)16-9-7-8-10-17(16)22/h7-10,15H,11-14H2,1-6H3/t28-/m1/s1. The number of hydrogen-bond donors (Lipinski definition) is 0. The number of ether oxygens (including phenoxy) is 1. The molecule has 1 aromatic carbocycles. The zero-order valence-electron chi connectivity index (χ0n) is 17.6. The van der Waals surface area contributed by atoms with Crippen molar-refractivity contribution in [3.8, 4) is 0 Å². The molecule has 7 heteroatoms. The Morgan fingerprint density at radius 1 is 1.18 bits per heavy atom. The highest BCUT2D eigenvalue weighted by molar-refractivity contribution is 14.1. The van der Waals surface area contributed by atoms with Crippen molar-refractivity contribution >= 4 is 45.9 Å². The summed E-state index contributed by atoms with van der Waals surface area (Å²) >= 11 is 2.34. The molecular weight excluding hydrogens is 487 g/mol. The van der Waals surface area contributed by atoms with Gasteiger partial charge in [-0.05, 0) is 88.6 Å². The van der Waals surface area contributed by atoms with Crippen LogP contribution in [-0.4, -0.2) is 44.9 Å². The van der Waals surface area contributed by atoms with Gasteiger partial charge in [-0.1, -0.05) is 18.2 Å². The van der Waals surface area contributed by atoms with E-state index in [-0.39, 0.29) is 11.5 Å². The lowest BCUT2D eigenvalue weighted by Gasteiger charge is -2.40. The van der Waals surface area contributed by atoms with Gasteiger partial charge in [-0.15, -0.1) is 0 Å². The molecule has 0 bridgehead atoms. The van der Waals surface area contributed by atoms with Crippen molar-refractivity contribution < 1.29 is 13.7 Å². The van der Waals surface area contributed by atoms with Gasteiger partial charge >= 0.3 is 6.09 Å². The van der Waals surface area contributed by atoms with Gasteiger partial charge in [0, 0.05) is 28.3 Å². The Labute approximate surface area is 185 Å². The molecule has 1 aliphatic heterocycles. The Balaban J connectivity index is 2.28. The van der Waals surface area contributed by atoms with Crippen LogP contribution in [0.3, 0.4) is 0 Å². The molecule has 28 heavy (non-hydrogen) atoms. The summed E-state index contributed by atoms with van der Waals surface area (Å²) in [5.74, 6) is 0. The average molecular weight is 518 g/mol. The van der Waals surface area contributed by atoms with Crippen LogP contribution >= 0.6 is 22.6 Å². The second kappa shape index (κ2) is 8.81. The summed E-state index contributed by atoms with van der Waals surface area (Å²) in [7, 11) is -1.31. The SMILES string of the molecule is CC(C)(C)OC(=O)N1CCC(C=N[S@](=O)C(C)(C)C)(c2ccccc2I)CC1. The first-order chi connectivity index (χ1) is 12.8. The van der Waals surface area contributed by atoms with Gasteiger partial charge in [0.25, 0.3) is 0 Å². The molecule has 156 valence electrons. The third kappa shape index (κ3) is 6.02. The Hall–Kier alpha value is -0.960. The smallest absolute Gasteiger partial charge is 0.410 e. The Morgan fingerprint density at radius 3 is 2.25 bits per heavy atom. The van der Waals surface area contributed by atoms with Crippen molar-refractivity contribution in [2.24, 2.45) is 4.40 Å². The first-order valence-corrected chi connectivity index (χ1v) is 11.7. The van der Waals surface area contributed by atoms with Crippen LogP contribution < -0.4 is 0 Å². The Bertz CT molecular complexity index is 758. The van der Waals surface area contributed by atoms with Gasteiger partial charge in [0.2, 0.25) is 0 Å². The van der Waals surface area contributed by atoms with E-state index in [2.05, 4.69) is 39.1 Å². The summed E-state index contributed by atoms with van der Waals surface area (Å²) < 4.78 is 23.2. The number of rotatable bonds is 3. The maximum atomic E-state index is 12.5. The minimum absolute atomic E-state index is 0.279. The van der Waals surface area contributed by atoms with Crippen molar-refractivity contribution in [3.05, 3.63) is 33.4 Å². The van der Waals surface area contributed by atoms with Crippen molar-refractivity contribution in [1.29, 1.82) is 0 Å². The van der Waals surface area contributed by atoms with Crippen LogP contribution in [0.25, 0.3) is 0 Å². The van der Waals surface area contributed by atoms with Crippen molar-refractivity contribution in [3.63, 3.8) is 0 Å². The highest BCUT2D eigenvalue weighted by Crippen LogP contribution is 2.37. The summed E-state index contributed by atoms with van der Waals surface area (Å²) in [6.07, 6.45) is 3.03. The van der Waals surface area contributed by atoms with Crippen LogP contribution in [-0.2, 0) is 21.1 Å². The second-order valence-corrected chi connectivity index (χ2v) is 12.3. The van der Waals surface area contributed by atoms with Crippen LogP contribution in [0.2, 0.25) is 0 Å². The molecule has 1 heterocycles. The summed E-state index contributed by atoms with van der Waals surface area (Å²) in [5.41, 5.74) is 0.331. The molecular formula is C21H31IN2O3S. The third-order valence-electron chi connectivity index (χ3n) is 4.64. The second-order valence-electron chi connectivity index (χ2n) is 9.20. The number of carbonyl (C=O) groups excluding carboxylic acids is 1. The lowest BCUT2D eigenvalue weighted by Crippen LogP contribution is -2.48.